The van der Waals surface area contributed by atoms with E-state index >= 15 is 0 Å². The van der Waals surface area contributed by atoms with Crippen molar-refractivity contribution in [2.45, 2.75) is 26.3 Å². The number of fused-ring (bicyclic) bond motifs is 1. The first-order valence-electron chi connectivity index (χ1n) is 7.84. The summed E-state index contributed by atoms with van der Waals surface area (Å²) in [6.07, 6.45) is 0.920. The molecule has 1 aromatic heterocycles. The quantitative estimate of drug-likeness (QED) is 0.772. The predicted molar refractivity (Wildman–Crippen MR) is 93.7 cm³/mol. The molecule has 0 aliphatic heterocycles. The molecule has 1 unspecified atom stereocenters. The van der Waals surface area contributed by atoms with Crippen molar-refractivity contribution in [2.75, 3.05) is 0 Å². The second-order valence-corrected chi connectivity index (χ2v) is 6.20. The van der Waals surface area contributed by atoms with Gasteiger partial charge in [-0.15, -0.1) is 0 Å². The van der Waals surface area contributed by atoms with E-state index < -0.39 is 0 Å². The molecule has 1 atom stereocenters. The number of pyridine rings is 1. The van der Waals surface area contributed by atoms with Gasteiger partial charge in [0.15, 0.2) is 0 Å². The van der Waals surface area contributed by atoms with E-state index in [0.29, 0.717) is 5.92 Å². The zero-order valence-electron chi connectivity index (χ0n) is 13.2. The average molecular weight is 290 g/mol. The van der Waals surface area contributed by atoms with Gasteiger partial charge in [-0.05, 0) is 30.0 Å². The van der Waals surface area contributed by atoms with Crippen LogP contribution in [0.15, 0.2) is 60.7 Å². The molecule has 0 aliphatic rings. The van der Waals surface area contributed by atoms with E-state index in [9.17, 15) is 0 Å². The van der Waals surface area contributed by atoms with Crippen molar-refractivity contribution in [3.8, 4) is 11.3 Å². The highest BCUT2D eigenvalue weighted by molar-refractivity contribution is 5.81. The molecule has 0 amide bonds. The van der Waals surface area contributed by atoms with Crippen LogP contribution in [-0.2, 0) is 6.42 Å². The van der Waals surface area contributed by atoms with Crippen LogP contribution in [0.1, 0.15) is 19.4 Å². The summed E-state index contributed by atoms with van der Waals surface area (Å²) in [4.78, 5) is 4.74. The third-order valence-corrected chi connectivity index (χ3v) is 4.18. The lowest BCUT2D eigenvalue weighted by atomic mass is 9.96. The van der Waals surface area contributed by atoms with Gasteiger partial charge in [0.25, 0.3) is 0 Å². The molecule has 0 saturated carbocycles. The first kappa shape index (κ1) is 14.7. The third-order valence-electron chi connectivity index (χ3n) is 4.18. The Morgan fingerprint density at radius 1 is 0.909 bits per heavy atom. The molecule has 3 aromatic rings. The summed E-state index contributed by atoms with van der Waals surface area (Å²) in [7, 11) is 0. The molecule has 2 heteroatoms. The average Bonchev–Trinajstić information content (AvgIpc) is 2.55. The summed E-state index contributed by atoms with van der Waals surface area (Å²) in [6, 6.07) is 21.2. The summed E-state index contributed by atoms with van der Waals surface area (Å²) in [5.41, 5.74) is 10.6. The van der Waals surface area contributed by atoms with Gasteiger partial charge in [-0.1, -0.05) is 62.4 Å². The molecule has 0 saturated heterocycles. The Kier molecular flexibility index (Phi) is 4.21. The number of nitrogens with two attached hydrogens (primary N) is 1. The topological polar surface area (TPSA) is 38.9 Å². The molecule has 2 N–H and O–H groups in total. The molecule has 0 fully saturated rings. The summed E-state index contributed by atoms with van der Waals surface area (Å²) in [5.74, 6) is 0.502. The summed E-state index contributed by atoms with van der Waals surface area (Å²) < 4.78 is 0. The van der Waals surface area contributed by atoms with Crippen molar-refractivity contribution in [3.05, 3.63) is 66.2 Å². The number of benzene rings is 2. The van der Waals surface area contributed by atoms with Crippen LogP contribution >= 0.6 is 0 Å². The molecule has 2 aromatic carbocycles. The van der Waals surface area contributed by atoms with E-state index in [-0.39, 0.29) is 6.04 Å². The van der Waals surface area contributed by atoms with Crippen LogP contribution in [0.5, 0.6) is 0 Å². The van der Waals surface area contributed by atoms with Gasteiger partial charge in [-0.2, -0.15) is 0 Å². The molecule has 0 radical (unpaired) electrons. The monoisotopic (exact) mass is 290 g/mol. The van der Waals surface area contributed by atoms with Crippen molar-refractivity contribution in [1.29, 1.82) is 0 Å². The molecule has 3 rings (SSSR count). The van der Waals surface area contributed by atoms with E-state index in [2.05, 4.69) is 62.4 Å². The van der Waals surface area contributed by atoms with Crippen LogP contribution in [-0.4, -0.2) is 11.0 Å². The lowest BCUT2D eigenvalue weighted by Gasteiger charge is -2.15. The second-order valence-electron chi connectivity index (χ2n) is 6.20. The molecule has 112 valence electrons. The van der Waals surface area contributed by atoms with Gasteiger partial charge in [0.1, 0.15) is 0 Å². The molecular weight excluding hydrogens is 268 g/mol. The predicted octanol–water partition coefficient (Wildman–Crippen LogP) is 4.43. The van der Waals surface area contributed by atoms with Gasteiger partial charge >= 0.3 is 0 Å². The third kappa shape index (κ3) is 3.18. The Hall–Kier alpha value is -2.19. The Labute approximate surface area is 132 Å². The Balaban J connectivity index is 1.85. The van der Waals surface area contributed by atoms with Crippen molar-refractivity contribution in [1.82, 2.24) is 4.98 Å². The number of hydrogen-bond donors (Lipinski definition) is 1. The highest BCUT2D eigenvalue weighted by Crippen LogP contribution is 2.22. The van der Waals surface area contributed by atoms with Gasteiger partial charge in [0, 0.05) is 17.0 Å². The summed E-state index contributed by atoms with van der Waals surface area (Å²) in [5, 5.41) is 1.17. The van der Waals surface area contributed by atoms with E-state index in [1.165, 1.54) is 10.9 Å². The molecular formula is C20H22N2. The maximum absolute atomic E-state index is 6.15. The normalized spacial score (nSPS) is 12.7. The van der Waals surface area contributed by atoms with Crippen LogP contribution in [0.4, 0.5) is 0 Å². The highest BCUT2D eigenvalue weighted by atomic mass is 14.7. The van der Waals surface area contributed by atoms with E-state index in [1.807, 2.05) is 12.1 Å². The number of rotatable bonds is 4. The highest BCUT2D eigenvalue weighted by Gasteiger charge is 2.09. The van der Waals surface area contributed by atoms with Gasteiger partial charge < -0.3 is 5.73 Å². The zero-order valence-corrected chi connectivity index (χ0v) is 13.2. The van der Waals surface area contributed by atoms with Crippen LogP contribution in [0, 0.1) is 5.92 Å². The fourth-order valence-electron chi connectivity index (χ4n) is 2.55. The zero-order chi connectivity index (χ0) is 15.5. The molecule has 22 heavy (non-hydrogen) atoms. The smallest absolute Gasteiger partial charge is 0.0709 e. The number of nitrogens with zero attached hydrogens (tertiary/aromatic N) is 1. The summed E-state index contributed by atoms with van der Waals surface area (Å²) >= 11 is 0. The second kappa shape index (κ2) is 6.29. The molecule has 1 heterocycles. The molecule has 0 spiro atoms. The van der Waals surface area contributed by atoms with Crippen molar-refractivity contribution < 1.29 is 0 Å². The van der Waals surface area contributed by atoms with Gasteiger partial charge in [-0.25, -0.2) is 4.98 Å². The SMILES string of the molecule is CC(C)C(N)Cc1ccc(-c2ccc3ccccc3n2)cc1. The molecule has 0 aliphatic carbocycles. The molecule has 0 bridgehead atoms. The van der Waals surface area contributed by atoms with Crippen molar-refractivity contribution in [2.24, 2.45) is 11.7 Å². The Morgan fingerprint density at radius 2 is 1.64 bits per heavy atom. The van der Waals surface area contributed by atoms with E-state index in [1.54, 1.807) is 0 Å². The summed E-state index contributed by atoms with van der Waals surface area (Å²) in [6.45, 7) is 4.33. The number of aromatic nitrogens is 1. The lowest BCUT2D eigenvalue weighted by Crippen LogP contribution is -2.28. The fraction of sp³-hybridized carbons (Fsp3) is 0.250. The largest absolute Gasteiger partial charge is 0.327 e. The van der Waals surface area contributed by atoms with Crippen molar-refractivity contribution in [3.63, 3.8) is 0 Å². The first-order chi connectivity index (χ1) is 10.6. The number of hydrogen-bond acceptors (Lipinski definition) is 2. The maximum atomic E-state index is 6.15. The van der Waals surface area contributed by atoms with Crippen LogP contribution in [0.2, 0.25) is 0 Å². The minimum Gasteiger partial charge on any atom is -0.327 e. The van der Waals surface area contributed by atoms with E-state index in [4.69, 9.17) is 10.7 Å². The van der Waals surface area contributed by atoms with Gasteiger partial charge in [-0.3, -0.25) is 0 Å². The van der Waals surface area contributed by atoms with Gasteiger partial charge in [0.2, 0.25) is 0 Å². The maximum Gasteiger partial charge on any atom is 0.0709 e. The van der Waals surface area contributed by atoms with E-state index in [0.717, 1.165) is 23.2 Å². The fourth-order valence-corrected chi connectivity index (χ4v) is 2.55. The Bertz CT molecular complexity index is 760. The van der Waals surface area contributed by atoms with Crippen LogP contribution in [0.25, 0.3) is 22.2 Å². The first-order valence-corrected chi connectivity index (χ1v) is 7.84. The van der Waals surface area contributed by atoms with Gasteiger partial charge in [0.05, 0.1) is 11.2 Å². The van der Waals surface area contributed by atoms with Crippen molar-refractivity contribution >= 4 is 10.9 Å². The molecule has 2 nitrogen and oxygen atoms in total. The number of para-hydroxylation sites is 1. The minimum atomic E-state index is 0.213. The minimum absolute atomic E-state index is 0.213. The van der Waals surface area contributed by atoms with Crippen LogP contribution < -0.4 is 5.73 Å². The standard InChI is InChI=1S/C20H22N2/c1-14(2)18(21)13-15-7-9-17(10-8-15)20-12-11-16-5-3-4-6-19(16)22-20/h3-12,14,18H,13,21H2,1-2H3. The van der Waals surface area contributed by atoms with Crippen LogP contribution in [0.3, 0.4) is 0 Å². The Morgan fingerprint density at radius 3 is 2.36 bits per heavy atom. The lowest BCUT2D eigenvalue weighted by molar-refractivity contribution is 0.490.